The Morgan fingerprint density at radius 3 is 1.83 bits per heavy atom. The van der Waals surface area contributed by atoms with Gasteiger partial charge in [0.05, 0.1) is 0 Å². The molecule has 1 amide bonds. The van der Waals surface area contributed by atoms with Crippen LogP contribution >= 0.6 is 0 Å². The highest BCUT2D eigenvalue weighted by Crippen LogP contribution is 2.43. The second-order valence-electron chi connectivity index (χ2n) is 7.77. The molecule has 0 radical (unpaired) electrons. The van der Waals surface area contributed by atoms with Gasteiger partial charge in [0.15, 0.2) is 28.8 Å². The van der Waals surface area contributed by atoms with Gasteiger partial charge in [0, 0.05) is 18.8 Å². The normalized spacial score (nSPS) is 12.0. The SMILES string of the molecule is CC(=O)c1cc(NC(=O)c2c(Oc3ccc(OC(F)(F)F)c(F)c3OC(O)(O)O)ccc(OC(F)(F)F)c2F)ccn1. The number of alkyl halides is 6. The number of rotatable bonds is 9. The minimum Gasteiger partial charge on any atom is -0.452 e. The van der Waals surface area contributed by atoms with Crippen molar-refractivity contribution in [1.82, 2.24) is 4.98 Å². The van der Waals surface area contributed by atoms with Crippen molar-refractivity contribution >= 4 is 17.4 Å². The Morgan fingerprint density at radius 1 is 0.786 bits per heavy atom. The standard InChI is InChI=1S/C23H14F8N2O9/c1-9(34)11-8-10(6-7-32-11)33-20(35)16-12(2-3-13(17(16)24)40-21(26,27)28)39-15-5-4-14(41-22(29,30)31)18(25)19(15)42-23(36,37)38/h2-8,36-38H,1H3,(H,32,33,35). The summed E-state index contributed by atoms with van der Waals surface area (Å²) in [4.78, 5) is 28.3. The van der Waals surface area contributed by atoms with Gasteiger partial charge in [-0.3, -0.25) is 14.6 Å². The van der Waals surface area contributed by atoms with Crippen molar-refractivity contribution in [1.29, 1.82) is 0 Å². The monoisotopic (exact) mass is 614 g/mol. The molecule has 19 heteroatoms. The van der Waals surface area contributed by atoms with Gasteiger partial charge in [-0.25, -0.2) is 4.39 Å². The third-order valence-corrected chi connectivity index (χ3v) is 4.61. The number of halogens is 8. The number of nitrogens with one attached hydrogen (secondary N) is 1. The number of benzene rings is 2. The van der Waals surface area contributed by atoms with Gasteiger partial charge in [-0.15, -0.1) is 26.3 Å². The lowest BCUT2D eigenvalue weighted by Crippen LogP contribution is -2.35. The maximum Gasteiger partial charge on any atom is 0.573 e. The summed E-state index contributed by atoms with van der Waals surface area (Å²) in [6, 6.07) is 3.57. The van der Waals surface area contributed by atoms with Crippen molar-refractivity contribution in [3.63, 3.8) is 0 Å². The molecule has 0 saturated carbocycles. The van der Waals surface area contributed by atoms with E-state index in [1.165, 1.54) is 0 Å². The second-order valence-corrected chi connectivity index (χ2v) is 7.77. The first kappa shape index (κ1) is 31.8. The topological polar surface area (TPSA) is 157 Å². The molecular formula is C23H14F8N2O9. The van der Waals surface area contributed by atoms with E-state index in [-0.39, 0.29) is 17.4 Å². The Labute approximate surface area is 227 Å². The minimum atomic E-state index is -5.48. The zero-order chi connectivity index (χ0) is 31.6. The van der Waals surface area contributed by atoms with Crippen LogP contribution in [0.4, 0.5) is 40.8 Å². The summed E-state index contributed by atoms with van der Waals surface area (Å²) in [5, 5.41) is 29.3. The van der Waals surface area contributed by atoms with Crippen LogP contribution in [0.3, 0.4) is 0 Å². The number of ether oxygens (including phenoxy) is 4. The number of carbonyl (C=O) groups excluding carboxylic acids is 2. The maximum atomic E-state index is 15.2. The van der Waals surface area contributed by atoms with Crippen molar-refractivity contribution < 1.29 is 79.0 Å². The van der Waals surface area contributed by atoms with Gasteiger partial charge in [0.1, 0.15) is 17.0 Å². The molecule has 2 aromatic carbocycles. The predicted molar refractivity (Wildman–Crippen MR) is 118 cm³/mol. The number of Topliss-reactive ketones (excluding diaryl/α,β-unsaturated/α-hetero) is 1. The summed E-state index contributed by atoms with van der Waals surface area (Å²) in [5.41, 5.74) is -1.77. The van der Waals surface area contributed by atoms with E-state index in [0.29, 0.717) is 18.2 Å². The van der Waals surface area contributed by atoms with Crippen LogP contribution in [0.25, 0.3) is 0 Å². The van der Waals surface area contributed by atoms with Crippen molar-refractivity contribution in [2.24, 2.45) is 0 Å². The lowest BCUT2D eigenvalue weighted by molar-refractivity contribution is -0.420. The number of aromatic nitrogens is 1. The van der Waals surface area contributed by atoms with Crippen LogP contribution < -0.4 is 24.3 Å². The van der Waals surface area contributed by atoms with E-state index in [0.717, 1.165) is 25.3 Å². The van der Waals surface area contributed by atoms with E-state index < -0.39 is 76.5 Å². The van der Waals surface area contributed by atoms with E-state index in [4.69, 9.17) is 20.1 Å². The van der Waals surface area contributed by atoms with Crippen LogP contribution in [0, 0.1) is 11.6 Å². The third kappa shape index (κ3) is 8.38. The smallest absolute Gasteiger partial charge is 0.452 e. The fourth-order valence-corrected chi connectivity index (χ4v) is 3.09. The number of ketones is 1. The molecule has 0 aliphatic carbocycles. The van der Waals surface area contributed by atoms with E-state index in [9.17, 15) is 40.3 Å². The number of nitrogens with zero attached hydrogens (tertiary/aromatic N) is 1. The molecular weight excluding hydrogens is 600 g/mol. The molecule has 1 aromatic heterocycles. The average molecular weight is 614 g/mol. The van der Waals surface area contributed by atoms with Crippen molar-refractivity contribution in [3.05, 3.63) is 65.5 Å². The first-order valence-electron chi connectivity index (χ1n) is 10.7. The zero-order valence-electron chi connectivity index (χ0n) is 20.3. The Balaban J connectivity index is 2.15. The van der Waals surface area contributed by atoms with Crippen LogP contribution in [0.2, 0.25) is 0 Å². The lowest BCUT2D eigenvalue weighted by atomic mass is 10.1. The van der Waals surface area contributed by atoms with E-state index >= 15 is 4.39 Å². The summed E-state index contributed by atoms with van der Waals surface area (Å²) in [6.45, 7) is 1.11. The molecule has 0 spiro atoms. The minimum absolute atomic E-state index is 0.183. The van der Waals surface area contributed by atoms with Gasteiger partial charge in [0.2, 0.25) is 11.6 Å². The summed E-state index contributed by atoms with van der Waals surface area (Å²) in [5.74, 6) is -13.4. The molecule has 1 heterocycles. The summed E-state index contributed by atoms with van der Waals surface area (Å²) < 4.78 is 122. The van der Waals surface area contributed by atoms with E-state index in [1.54, 1.807) is 0 Å². The molecule has 42 heavy (non-hydrogen) atoms. The Kier molecular flexibility index (Phi) is 8.79. The maximum absolute atomic E-state index is 15.2. The Morgan fingerprint density at radius 2 is 1.31 bits per heavy atom. The molecule has 3 aromatic rings. The Bertz CT molecular complexity index is 1500. The predicted octanol–water partition coefficient (Wildman–Crippen LogP) is 4.37. The highest BCUT2D eigenvalue weighted by atomic mass is 19.4. The molecule has 0 unspecified atom stereocenters. The van der Waals surface area contributed by atoms with Crippen molar-refractivity contribution in [2.45, 2.75) is 25.8 Å². The summed E-state index contributed by atoms with van der Waals surface area (Å²) >= 11 is 0. The van der Waals surface area contributed by atoms with Gasteiger partial charge < -0.3 is 39.6 Å². The van der Waals surface area contributed by atoms with Gasteiger partial charge in [-0.1, -0.05) is 0 Å². The lowest BCUT2D eigenvalue weighted by Gasteiger charge is -2.21. The van der Waals surface area contributed by atoms with E-state index in [2.05, 4.69) is 24.5 Å². The average Bonchev–Trinajstić information content (AvgIpc) is 2.82. The third-order valence-electron chi connectivity index (χ3n) is 4.61. The summed E-state index contributed by atoms with van der Waals surface area (Å²) in [6.07, 6.45) is -14.1. The molecule has 11 nitrogen and oxygen atoms in total. The first-order chi connectivity index (χ1) is 19.2. The van der Waals surface area contributed by atoms with Crippen LogP contribution in [0.15, 0.2) is 42.6 Å². The molecule has 0 fully saturated rings. The van der Waals surface area contributed by atoms with Gasteiger partial charge >= 0.3 is 18.9 Å². The summed E-state index contributed by atoms with van der Waals surface area (Å²) in [7, 11) is 0. The molecule has 226 valence electrons. The number of aliphatic hydroxyl groups is 3. The largest absolute Gasteiger partial charge is 0.573 e. The highest BCUT2D eigenvalue weighted by Gasteiger charge is 2.37. The quantitative estimate of drug-likeness (QED) is 0.155. The molecule has 0 aliphatic heterocycles. The van der Waals surface area contributed by atoms with Gasteiger partial charge in [0.25, 0.3) is 5.91 Å². The Hall–Kier alpha value is -4.75. The first-order valence-corrected chi connectivity index (χ1v) is 10.7. The molecule has 3 rings (SSSR count). The molecule has 0 atom stereocenters. The number of hydrogen-bond donors (Lipinski definition) is 4. The molecule has 0 saturated heterocycles. The van der Waals surface area contributed by atoms with E-state index in [1.807, 2.05) is 0 Å². The van der Waals surface area contributed by atoms with Crippen LogP contribution in [0.5, 0.6) is 28.7 Å². The van der Waals surface area contributed by atoms with Crippen LogP contribution in [-0.2, 0) is 0 Å². The van der Waals surface area contributed by atoms with Crippen LogP contribution in [0.1, 0.15) is 27.8 Å². The van der Waals surface area contributed by atoms with Crippen molar-refractivity contribution in [2.75, 3.05) is 5.32 Å². The molecule has 0 bridgehead atoms. The fourth-order valence-electron chi connectivity index (χ4n) is 3.09. The zero-order valence-corrected chi connectivity index (χ0v) is 20.3. The van der Waals surface area contributed by atoms with Gasteiger partial charge in [-0.05, 0) is 36.4 Å². The molecule has 4 N–H and O–H groups in total. The van der Waals surface area contributed by atoms with Gasteiger partial charge in [-0.2, -0.15) is 4.39 Å². The number of amides is 1. The number of pyridine rings is 1. The van der Waals surface area contributed by atoms with Crippen molar-refractivity contribution in [3.8, 4) is 28.7 Å². The molecule has 0 aliphatic rings. The number of carbonyl (C=O) groups is 2. The number of anilines is 1. The highest BCUT2D eigenvalue weighted by molar-refractivity contribution is 6.07. The fraction of sp³-hybridized carbons (Fsp3) is 0.174. The second kappa shape index (κ2) is 11.6. The number of hydrogen-bond acceptors (Lipinski definition) is 10. The van der Waals surface area contributed by atoms with Crippen LogP contribution in [-0.4, -0.2) is 50.9 Å².